The molecule has 2 unspecified atom stereocenters. The summed E-state index contributed by atoms with van der Waals surface area (Å²) in [4.78, 5) is 4.85. The van der Waals surface area contributed by atoms with Crippen LogP contribution < -0.4 is 5.32 Å². The Kier molecular flexibility index (Phi) is 3.92. The van der Waals surface area contributed by atoms with Crippen molar-refractivity contribution < 1.29 is 0 Å². The standard InChI is InChI=1S/C16H27N3/c1-3-11-17-13-8-6-10-15(13)19-12(2)18-14-7-4-5-9-16(14)19/h13,15,17H,3-11H2,1-2H3. The van der Waals surface area contributed by atoms with Gasteiger partial charge in [-0.25, -0.2) is 4.98 Å². The second kappa shape index (κ2) is 5.66. The highest BCUT2D eigenvalue weighted by Crippen LogP contribution is 2.35. The third kappa shape index (κ3) is 2.45. The van der Waals surface area contributed by atoms with Crippen molar-refractivity contribution in [2.75, 3.05) is 6.54 Å². The van der Waals surface area contributed by atoms with Gasteiger partial charge in [-0.3, -0.25) is 0 Å². The maximum Gasteiger partial charge on any atom is 0.106 e. The van der Waals surface area contributed by atoms with Gasteiger partial charge in [0, 0.05) is 11.7 Å². The third-order valence-corrected chi connectivity index (χ3v) is 4.81. The van der Waals surface area contributed by atoms with Crippen molar-refractivity contribution in [3.8, 4) is 0 Å². The summed E-state index contributed by atoms with van der Waals surface area (Å²) >= 11 is 0. The molecule has 1 aromatic heterocycles. The Hall–Kier alpha value is -0.830. The lowest BCUT2D eigenvalue weighted by Gasteiger charge is -2.26. The van der Waals surface area contributed by atoms with E-state index in [1.807, 2.05) is 0 Å². The zero-order chi connectivity index (χ0) is 13.2. The smallest absolute Gasteiger partial charge is 0.106 e. The summed E-state index contributed by atoms with van der Waals surface area (Å²) in [5, 5.41) is 3.76. The average molecular weight is 261 g/mol. The summed E-state index contributed by atoms with van der Waals surface area (Å²) in [6, 6.07) is 1.32. The minimum absolute atomic E-state index is 0.654. The van der Waals surface area contributed by atoms with Gasteiger partial charge in [0.2, 0.25) is 0 Å². The van der Waals surface area contributed by atoms with Gasteiger partial charge in [-0.1, -0.05) is 6.92 Å². The molecule has 0 amide bonds. The third-order valence-electron chi connectivity index (χ3n) is 4.81. The molecule has 3 nitrogen and oxygen atoms in total. The normalized spacial score (nSPS) is 26.6. The first kappa shape index (κ1) is 13.2. The molecule has 0 bridgehead atoms. The largest absolute Gasteiger partial charge is 0.327 e. The van der Waals surface area contributed by atoms with Crippen molar-refractivity contribution in [1.82, 2.24) is 14.9 Å². The zero-order valence-electron chi connectivity index (χ0n) is 12.4. The molecule has 2 aliphatic carbocycles. The van der Waals surface area contributed by atoms with E-state index < -0.39 is 0 Å². The number of hydrogen-bond donors (Lipinski definition) is 1. The lowest BCUT2D eigenvalue weighted by molar-refractivity contribution is 0.377. The van der Waals surface area contributed by atoms with Gasteiger partial charge in [-0.05, 0) is 64.8 Å². The van der Waals surface area contributed by atoms with E-state index in [0.717, 1.165) is 6.54 Å². The fourth-order valence-electron chi connectivity index (χ4n) is 3.96. The van der Waals surface area contributed by atoms with Crippen molar-refractivity contribution in [3.05, 3.63) is 17.2 Å². The van der Waals surface area contributed by atoms with Gasteiger partial charge in [0.05, 0.1) is 11.7 Å². The van der Waals surface area contributed by atoms with Crippen LogP contribution in [0.15, 0.2) is 0 Å². The number of nitrogens with one attached hydrogen (secondary N) is 1. The average Bonchev–Trinajstić information content (AvgIpc) is 2.98. The van der Waals surface area contributed by atoms with E-state index in [2.05, 4.69) is 23.7 Å². The summed E-state index contributed by atoms with van der Waals surface area (Å²) in [6.45, 7) is 5.60. The predicted molar refractivity (Wildman–Crippen MR) is 78.6 cm³/mol. The number of rotatable bonds is 4. The van der Waals surface area contributed by atoms with E-state index in [0.29, 0.717) is 12.1 Å². The molecule has 1 saturated carbocycles. The monoisotopic (exact) mass is 261 g/mol. The molecule has 1 fully saturated rings. The summed E-state index contributed by atoms with van der Waals surface area (Å²) in [5.41, 5.74) is 2.95. The second-order valence-corrected chi connectivity index (χ2v) is 6.19. The molecular formula is C16H27N3. The number of fused-ring (bicyclic) bond motifs is 1. The fourth-order valence-corrected chi connectivity index (χ4v) is 3.96. The van der Waals surface area contributed by atoms with Gasteiger partial charge in [0.25, 0.3) is 0 Å². The van der Waals surface area contributed by atoms with Crippen LogP contribution in [0.1, 0.15) is 68.7 Å². The lowest BCUT2D eigenvalue weighted by atomic mass is 10.00. The molecule has 0 aliphatic heterocycles. The van der Waals surface area contributed by atoms with Crippen LogP contribution in [0.4, 0.5) is 0 Å². The molecule has 3 rings (SSSR count). The Morgan fingerprint density at radius 1 is 1.21 bits per heavy atom. The molecule has 1 aromatic rings. The first-order valence-electron chi connectivity index (χ1n) is 8.11. The van der Waals surface area contributed by atoms with Crippen LogP contribution in [0.5, 0.6) is 0 Å². The number of imidazole rings is 1. The summed E-state index contributed by atoms with van der Waals surface area (Å²) in [5.74, 6) is 1.25. The zero-order valence-corrected chi connectivity index (χ0v) is 12.4. The molecule has 106 valence electrons. The molecule has 0 aromatic carbocycles. The van der Waals surface area contributed by atoms with E-state index in [4.69, 9.17) is 4.98 Å². The molecule has 0 spiro atoms. The van der Waals surface area contributed by atoms with Crippen molar-refractivity contribution in [2.45, 2.75) is 77.3 Å². The van der Waals surface area contributed by atoms with Crippen molar-refractivity contribution in [2.24, 2.45) is 0 Å². The van der Waals surface area contributed by atoms with E-state index in [1.54, 1.807) is 5.69 Å². The van der Waals surface area contributed by atoms with Crippen LogP contribution in [0.2, 0.25) is 0 Å². The van der Waals surface area contributed by atoms with Crippen LogP contribution in [0.25, 0.3) is 0 Å². The highest BCUT2D eigenvalue weighted by atomic mass is 15.2. The number of hydrogen-bond acceptors (Lipinski definition) is 2. The second-order valence-electron chi connectivity index (χ2n) is 6.19. The van der Waals surface area contributed by atoms with Crippen molar-refractivity contribution in [1.29, 1.82) is 0 Å². The topological polar surface area (TPSA) is 29.9 Å². The van der Waals surface area contributed by atoms with E-state index in [-0.39, 0.29) is 0 Å². The molecule has 1 heterocycles. The highest BCUT2D eigenvalue weighted by molar-refractivity contribution is 5.21. The molecule has 0 saturated heterocycles. The van der Waals surface area contributed by atoms with Crippen molar-refractivity contribution in [3.63, 3.8) is 0 Å². The van der Waals surface area contributed by atoms with Gasteiger partial charge >= 0.3 is 0 Å². The molecular weight excluding hydrogens is 234 g/mol. The Morgan fingerprint density at radius 2 is 2.05 bits per heavy atom. The number of nitrogens with zero attached hydrogens (tertiary/aromatic N) is 2. The van der Waals surface area contributed by atoms with Crippen molar-refractivity contribution >= 4 is 0 Å². The fraction of sp³-hybridized carbons (Fsp3) is 0.812. The Morgan fingerprint density at radius 3 is 2.89 bits per heavy atom. The van der Waals surface area contributed by atoms with Gasteiger partial charge in [0.15, 0.2) is 0 Å². The van der Waals surface area contributed by atoms with Gasteiger partial charge < -0.3 is 9.88 Å². The predicted octanol–water partition coefficient (Wildman–Crippen LogP) is 3.16. The molecule has 1 N–H and O–H groups in total. The Labute approximate surface area is 116 Å². The first-order valence-corrected chi connectivity index (χ1v) is 8.11. The Bertz CT molecular complexity index is 435. The summed E-state index contributed by atoms with van der Waals surface area (Å²) < 4.78 is 2.59. The van der Waals surface area contributed by atoms with Crippen LogP contribution in [-0.2, 0) is 12.8 Å². The summed E-state index contributed by atoms with van der Waals surface area (Å²) in [6.07, 6.45) is 10.4. The molecule has 19 heavy (non-hydrogen) atoms. The summed E-state index contributed by atoms with van der Waals surface area (Å²) in [7, 11) is 0. The highest BCUT2D eigenvalue weighted by Gasteiger charge is 2.32. The van der Waals surface area contributed by atoms with Gasteiger partial charge in [0.1, 0.15) is 5.82 Å². The Balaban J connectivity index is 1.86. The van der Waals surface area contributed by atoms with E-state index in [1.165, 1.54) is 62.9 Å². The minimum Gasteiger partial charge on any atom is -0.327 e. The van der Waals surface area contributed by atoms with E-state index in [9.17, 15) is 0 Å². The first-order chi connectivity index (χ1) is 9.31. The van der Waals surface area contributed by atoms with Crippen LogP contribution in [0, 0.1) is 6.92 Å². The number of aryl methyl sites for hydroxylation is 2. The molecule has 0 radical (unpaired) electrons. The minimum atomic E-state index is 0.654. The van der Waals surface area contributed by atoms with E-state index >= 15 is 0 Å². The molecule has 2 atom stereocenters. The van der Waals surface area contributed by atoms with Crippen LogP contribution in [-0.4, -0.2) is 22.1 Å². The molecule has 2 aliphatic rings. The van der Waals surface area contributed by atoms with Gasteiger partial charge in [-0.2, -0.15) is 0 Å². The van der Waals surface area contributed by atoms with Crippen LogP contribution in [0.3, 0.4) is 0 Å². The SMILES string of the molecule is CCCNC1CCCC1n1c(C)nc2c1CCCC2. The van der Waals surface area contributed by atoms with Crippen LogP contribution >= 0.6 is 0 Å². The maximum absolute atomic E-state index is 4.85. The number of aromatic nitrogens is 2. The maximum atomic E-state index is 4.85. The molecule has 3 heteroatoms. The van der Waals surface area contributed by atoms with Gasteiger partial charge in [-0.15, -0.1) is 0 Å². The quantitative estimate of drug-likeness (QED) is 0.902. The lowest BCUT2D eigenvalue weighted by Crippen LogP contribution is -2.35.